The summed E-state index contributed by atoms with van der Waals surface area (Å²) in [7, 11) is 0. The van der Waals surface area contributed by atoms with Crippen LogP contribution < -0.4 is 5.32 Å². The van der Waals surface area contributed by atoms with Crippen LogP contribution in [0.4, 0.5) is 18.9 Å². The Bertz CT molecular complexity index is 931. The molecule has 3 rings (SSSR count). The Morgan fingerprint density at radius 1 is 0.880 bits per heavy atom. The molecule has 0 aliphatic carbocycles. The first-order chi connectivity index (χ1) is 12.0. The van der Waals surface area contributed by atoms with Crippen LogP contribution in [-0.2, 0) is 6.54 Å². The number of phenols is 1. The molecule has 0 spiro atoms. The van der Waals surface area contributed by atoms with Crippen molar-refractivity contribution in [1.29, 1.82) is 0 Å². The Hall–Kier alpha value is -2.66. The summed E-state index contributed by atoms with van der Waals surface area (Å²) in [6, 6.07) is 12.5. The summed E-state index contributed by atoms with van der Waals surface area (Å²) in [5.74, 6) is -1.83. The highest BCUT2D eigenvalue weighted by molar-refractivity contribution is 6.34. The maximum atomic E-state index is 14.1. The van der Waals surface area contributed by atoms with Gasteiger partial charge in [0.1, 0.15) is 28.2 Å². The van der Waals surface area contributed by atoms with E-state index in [1.807, 2.05) is 0 Å². The highest BCUT2D eigenvalue weighted by Crippen LogP contribution is 2.34. The van der Waals surface area contributed by atoms with Crippen molar-refractivity contribution in [3.05, 3.63) is 82.6 Å². The van der Waals surface area contributed by atoms with Crippen LogP contribution >= 0.6 is 11.6 Å². The van der Waals surface area contributed by atoms with E-state index >= 15 is 0 Å². The van der Waals surface area contributed by atoms with Crippen molar-refractivity contribution in [3.8, 4) is 16.9 Å². The molecule has 0 saturated carbocycles. The van der Waals surface area contributed by atoms with Gasteiger partial charge in [-0.05, 0) is 47.5 Å². The van der Waals surface area contributed by atoms with Crippen molar-refractivity contribution < 1.29 is 18.3 Å². The zero-order valence-corrected chi connectivity index (χ0v) is 13.6. The molecular formula is C19H13ClF3NO. The molecule has 2 N–H and O–H groups in total. The molecule has 0 radical (unpaired) electrons. The summed E-state index contributed by atoms with van der Waals surface area (Å²) in [6.45, 7) is -0.0604. The zero-order valence-electron chi connectivity index (χ0n) is 12.9. The van der Waals surface area contributed by atoms with E-state index in [-0.39, 0.29) is 28.6 Å². The maximum Gasteiger partial charge on any atom is 0.148 e. The lowest BCUT2D eigenvalue weighted by Gasteiger charge is -2.12. The summed E-state index contributed by atoms with van der Waals surface area (Å²) in [4.78, 5) is 0. The molecule has 0 heterocycles. The molecule has 0 unspecified atom stereocenters. The van der Waals surface area contributed by atoms with Gasteiger partial charge < -0.3 is 10.4 Å². The molecule has 0 fully saturated rings. The molecule has 3 aromatic carbocycles. The van der Waals surface area contributed by atoms with Gasteiger partial charge in [-0.2, -0.15) is 0 Å². The molecule has 25 heavy (non-hydrogen) atoms. The van der Waals surface area contributed by atoms with Crippen molar-refractivity contribution in [2.75, 3.05) is 5.32 Å². The van der Waals surface area contributed by atoms with Gasteiger partial charge in [-0.25, -0.2) is 13.2 Å². The third-order valence-corrected chi connectivity index (χ3v) is 4.11. The van der Waals surface area contributed by atoms with Gasteiger partial charge in [-0.3, -0.25) is 0 Å². The summed E-state index contributed by atoms with van der Waals surface area (Å²) in [5, 5.41) is 12.1. The smallest absolute Gasteiger partial charge is 0.148 e. The van der Waals surface area contributed by atoms with Gasteiger partial charge in [0.25, 0.3) is 0 Å². The minimum atomic E-state index is -0.663. The largest absolute Gasteiger partial charge is 0.506 e. The van der Waals surface area contributed by atoms with E-state index in [2.05, 4.69) is 5.32 Å². The summed E-state index contributed by atoms with van der Waals surface area (Å²) < 4.78 is 41.2. The van der Waals surface area contributed by atoms with Crippen LogP contribution in [0.1, 0.15) is 5.56 Å². The van der Waals surface area contributed by atoms with Crippen LogP contribution in [0, 0.1) is 17.5 Å². The molecule has 0 atom stereocenters. The van der Waals surface area contributed by atoms with Gasteiger partial charge >= 0.3 is 0 Å². The number of hydrogen-bond donors (Lipinski definition) is 2. The van der Waals surface area contributed by atoms with Crippen LogP contribution in [0.15, 0.2) is 54.6 Å². The number of nitrogens with one attached hydrogen (secondary N) is 1. The van der Waals surface area contributed by atoms with Gasteiger partial charge in [0.2, 0.25) is 0 Å². The average molecular weight is 364 g/mol. The Balaban J connectivity index is 1.89. The summed E-state index contributed by atoms with van der Waals surface area (Å²) in [6.07, 6.45) is 0. The van der Waals surface area contributed by atoms with Crippen LogP contribution in [0.2, 0.25) is 5.02 Å². The number of hydrogen-bond acceptors (Lipinski definition) is 2. The molecule has 128 valence electrons. The van der Waals surface area contributed by atoms with Crippen molar-refractivity contribution in [2.45, 2.75) is 6.54 Å². The first kappa shape index (κ1) is 17.2. The molecule has 0 aliphatic rings. The topological polar surface area (TPSA) is 32.3 Å². The fraction of sp³-hybridized carbons (Fsp3) is 0.0526. The summed E-state index contributed by atoms with van der Waals surface area (Å²) in [5.41, 5.74) is 1.36. The lowest BCUT2D eigenvalue weighted by Crippen LogP contribution is -2.04. The molecule has 0 bridgehead atoms. The number of anilines is 1. The number of halogens is 4. The predicted octanol–water partition coefficient (Wildman–Crippen LogP) is 5.74. The molecule has 2 nitrogen and oxygen atoms in total. The van der Waals surface area contributed by atoms with E-state index in [4.69, 9.17) is 11.6 Å². The monoisotopic (exact) mass is 363 g/mol. The Labute approximate surface area is 147 Å². The standard InChI is InChI=1S/C19H13ClF3NO/c20-18-17(25)7-6-16(23)19(18)24-10-13-8-12(4-5-15(13)22)11-2-1-3-14(21)9-11/h1-9,24-25H,10H2. The van der Waals surface area contributed by atoms with Gasteiger partial charge in [0.15, 0.2) is 0 Å². The molecule has 0 saturated heterocycles. The summed E-state index contributed by atoms with van der Waals surface area (Å²) >= 11 is 5.86. The number of benzene rings is 3. The third-order valence-electron chi connectivity index (χ3n) is 3.73. The Kier molecular flexibility index (Phi) is 4.86. The quantitative estimate of drug-likeness (QED) is 0.619. The van der Waals surface area contributed by atoms with Gasteiger partial charge in [-0.15, -0.1) is 0 Å². The fourth-order valence-electron chi connectivity index (χ4n) is 2.44. The first-order valence-electron chi connectivity index (χ1n) is 7.41. The van der Waals surface area contributed by atoms with E-state index in [9.17, 15) is 18.3 Å². The third kappa shape index (κ3) is 3.72. The minimum absolute atomic E-state index is 0.0604. The second-order valence-corrected chi connectivity index (χ2v) is 5.80. The highest BCUT2D eigenvalue weighted by atomic mass is 35.5. The minimum Gasteiger partial charge on any atom is -0.506 e. The van der Waals surface area contributed by atoms with Crippen molar-refractivity contribution in [2.24, 2.45) is 0 Å². The van der Waals surface area contributed by atoms with E-state index in [1.165, 1.54) is 24.3 Å². The molecule has 0 aliphatic heterocycles. The van der Waals surface area contributed by atoms with Gasteiger partial charge in [-0.1, -0.05) is 29.8 Å². The Morgan fingerprint density at radius 3 is 2.36 bits per heavy atom. The van der Waals surface area contributed by atoms with E-state index < -0.39 is 17.5 Å². The van der Waals surface area contributed by atoms with Gasteiger partial charge in [0.05, 0.1) is 5.69 Å². The lowest BCUT2D eigenvalue weighted by molar-refractivity contribution is 0.474. The van der Waals surface area contributed by atoms with Crippen molar-refractivity contribution in [3.63, 3.8) is 0 Å². The second-order valence-electron chi connectivity index (χ2n) is 5.43. The predicted molar refractivity (Wildman–Crippen MR) is 92.2 cm³/mol. The molecule has 0 amide bonds. The Morgan fingerprint density at radius 2 is 1.60 bits per heavy atom. The van der Waals surface area contributed by atoms with Crippen LogP contribution in [0.5, 0.6) is 5.75 Å². The average Bonchev–Trinajstić information content (AvgIpc) is 2.60. The zero-order chi connectivity index (χ0) is 18.0. The number of aromatic hydroxyl groups is 1. The van der Waals surface area contributed by atoms with E-state index in [0.29, 0.717) is 11.1 Å². The SMILES string of the molecule is Oc1ccc(F)c(NCc2cc(-c3cccc(F)c3)ccc2F)c1Cl. The van der Waals surface area contributed by atoms with E-state index in [0.717, 1.165) is 12.1 Å². The maximum absolute atomic E-state index is 14.1. The van der Waals surface area contributed by atoms with Crippen molar-refractivity contribution in [1.82, 2.24) is 0 Å². The molecule has 3 aromatic rings. The molecule has 0 aromatic heterocycles. The van der Waals surface area contributed by atoms with Crippen LogP contribution in [-0.4, -0.2) is 5.11 Å². The van der Waals surface area contributed by atoms with Crippen LogP contribution in [0.3, 0.4) is 0 Å². The van der Waals surface area contributed by atoms with E-state index in [1.54, 1.807) is 18.2 Å². The number of phenolic OH excluding ortho intramolecular Hbond substituents is 1. The van der Waals surface area contributed by atoms with Crippen LogP contribution in [0.25, 0.3) is 11.1 Å². The second kappa shape index (κ2) is 7.07. The first-order valence-corrected chi connectivity index (χ1v) is 7.78. The normalized spacial score (nSPS) is 10.7. The number of rotatable bonds is 4. The molecular weight excluding hydrogens is 351 g/mol. The highest BCUT2D eigenvalue weighted by Gasteiger charge is 2.13. The van der Waals surface area contributed by atoms with Crippen molar-refractivity contribution >= 4 is 17.3 Å². The lowest BCUT2D eigenvalue weighted by atomic mass is 10.0. The molecule has 6 heteroatoms. The van der Waals surface area contributed by atoms with Gasteiger partial charge in [0, 0.05) is 12.1 Å². The fourth-order valence-corrected chi connectivity index (χ4v) is 2.67.